The van der Waals surface area contributed by atoms with Crippen LogP contribution in [0.15, 0.2) is 18.3 Å². The molecule has 1 aromatic rings. The third-order valence-corrected chi connectivity index (χ3v) is 5.15. The van der Waals surface area contributed by atoms with E-state index < -0.39 is 20.7 Å². The molecular weight excluding hydrogens is 268 g/mol. The van der Waals surface area contributed by atoms with E-state index in [1.165, 1.54) is 26.1 Å². The highest BCUT2D eigenvalue weighted by atomic mass is 32.2. The molecule has 1 amide bonds. The van der Waals surface area contributed by atoms with Gasteiger partial charge in [0.15, 0.2) is 10.6 Å². The molecule has 19 heavy (non-hydrogen) atoms. The van der Waals surface area contributed by atoms with Gasteiger partial charge in [0.25, 0.3) is 15.9 Å². The first-order valence-corrected chi connectivity index (χ1v) is 6.91. The summed E-state index contributed by atoms with van der Waals surface area (Å²) in [5.41, 5.74) is 0.478. The highest BCUT2D eigenvalue weighted by Gasteiger charge is 2.61. The third-order valence-electron chi connectivity index (χ3n) is 2.85. The summed E-state index contributed by atoms with van der Waals surface area (Å²) in [7, 11) is -3.72. The summed E-state index contributed by atoms with van der Waals surface area (Å²) >= 11 is 0. The van der Waals surface area contributed by atoms with Gasteiger partial charge in [-0.3, -0.25) is 4.79 Å². The van der Waals surface area contributed by atoms with Gasteiger partial charge in [-0.25, -0.2) is 13.4 Å². The third kappa shape index (κ3) is 1.89. The van der Waals surface area contributed by atoms with Crippen molar-refractivity contribution in [3.8, 4) is 11.8 Å². The zero-order chi connectivity index (χ0) is 14.3. The number of carbonyl (C=O) groups excluding carboxylic acids is 1. The fraction of sp³-hybridized carbons (Fsp3) is 0.333. The number of rotatable bonds is 1. The Balaban J connectivity index is 2.43. The maximum Gasteiger partial charge on any atom is 0.264 e. The van der Waals surface area contributed by atoms with Crippen LogP contribution in [0.1, 0.15) is 19.4 Å². The molecule has 0 unspecified atom stereocenters. The number of anilines is 1. The number of carbonyl (C=O) groups is 1. The molecule has 1 aliphatic rings. The van der Waals surface area contributed by atoms with E-state index >= 15 is 0 Å². The number of nitrogens with zero attached hydrogens (tertiary/aromatic N) is 2. The van der Waals surface area contributed by atoms with E-state index in [1.54, 1.807) is 6.07 Å². The molecule has 1 saturated heterocycles. The minimum Gasteiger partial charge on any atom is -0.384 e. The number of aliphatic hydroxyl groups excluding tert-OH is 1. The van der Waals surface area contributed by atoms with Crippen LogP contribution in [-0.4, -0.2) is 35.8 Å². The molecule has 1 fully saturated rings. The van der Waals surface area contributed by atoms with Crippen LogP contribution in [-0.2, 0) is 14.8 Å². The lowest BCUT2D eigenvalue weighted by molar-refractivity contribution is -0.120. The Labute approximate surface area is 111 Å². The maximum atomic E-state index is 12.0. The summed E-state index contributed by atoms with van der Waals surface area (Å²) in [5.74, 6) is 4.57. The van der Waals surface area contributed by atoms with E-state index in [0.717, 1.165) is 0 Å². The number of aliphatic hydroxyl groups is 1. The second-order valence-corrected chi connectivity index (χ2v) is 6.78. The summed E-state index contributed by atoms with van der Waals surface area (Å²) in [4.78, 5) is 15.7. The molecule has 0 aliphatic carbocycles. The van der Waals surface area contributed by atoms with Crippen LogP contribution < -0.4 is 4.31 Å². The second kappa shape index (κ2) is 4.33. The van der Waals surface area contributed by atoms with E-state index in [2.05, 4.69) is 16.8 Å². The van der Waals surface area contributed by atoms with Gasteiger partial charge in [-0.2, -0.15) is 4.31 Å². The van der Waals surface area contributed by atoms with Crippen molar-refractivity contribution in [1.82, 2.24) is 4.98 Å². The fourth-order valence-corrected chi connectivity index (χ4v) is 3.06. The molecule has 7 heteroatoms. The topological polar surface area (TPSA) is 87.6 Å². The highest BCUT2D eigenvalue weighted by Crippen LogP contribution is 2.38. The van der Waals surface area contributed by atoms with Gasteiger partial charge in [0.2, 0.25) is 0 Å². The quantitative estimate of drug-likeness (QED) is 0.725. The lowest BCUT2D eigenvalue weighted by Gasteiger charge is -2.42. The molecule has 6 nitrogen and oxygen atoms in total. The normalized spacial score (nSPS) is 19.3. The SMILES string of the molecule is CC1(C)C(=O)N(c2cc(C#CCO)ccn2)S1(=O)=O. The molecule has 0 atom stereocenters. The molecule has 0 radical (unpaired) electrons. The fourth-order valence-electron chi connectivity index (χ4n) is 1.63. The van der Waals surface area contributed by atoms with E-state index in [4.69, 9.17) is 5.11 Å². The molecule has 0 aromatic carbocycles. The van der Waals surface area contributed by atoms with Crippen molar-refractivity contribution in [2.24, 2.45) is 0 Å². The predicted octanol–water partition coefficient (Wildman–Crippen LogP) is -0.120. The van der Waals surface area contributed by atoms with Gasteiger partial charge in [0.05, 0.1) is 0 Å². The summed E-state index contributed by atoms with van der Waals surface area (Å²) in [6.45, 7) is 2.42. The number of hydrogen-bond donors (Lipinski definition) is 1. The molecule has 2 heterocycles. The van der Waals surface area contributed by atoms with Crippen molar-refractivity contribution < 1.29 is 18.3 Å². The predicted molar refractivity (Wildman–Crippen MR) is 68.7 cm³/mol. The monoisotopic (exact) mass is 280 g/mol. The summed E-state index contributed by atoms with van der Waals surface area (Å²) < 4.78 is 23.3. The van der Waals surface area contributed by atoms with Gasteiger partial charge in [-0.1, -0.05) is 11.8 Å². The van der Waals surface area contributed by atoms with Crippen LogP contribution >= 0.6 is 0 Å². The molecule has 1 aliphatic heterocycles. The second-order valence-electron chi connectivity index (χ2n) is 4.45. The number of aromatic nitrogens is 1. The van der Waals surface area contributed by atoms with Crippen molar-refractivity contribution in [2.75, 3.05) is 10.9 Å². The molecule has 2 rings (SSSR count). The van der Waals surface area contributed by atoms with Crippen LogP contribution in [0.5, 0.6) is 0 Å². The van der Waals surface area contributed by atoms with Crippen molar-refractivity contribution in [3.63, 3.8) is 0 Å². The highest BCUT2D eigenvalue weighted by molar-refractivity contribution is 7.98. The zero-order valence-electron chi connectivity index (χ0n) is 10.4. The van der Waals surface area contributed by atoms with Gasteiger partial charge in [-0.15, -0.1) is 0 Å². The standard InChI is InChI=1S/C12H12N2O4S/c1-12(2)11(16)14(19(12,17)18)10-8-9(4-3-7-15)5-6-13-10/h5-6,8,15H,7H2,1-2H3. The van der Waals surface area contributed by atoms with E-state index in [-0.39, 0.29) is 12.4 Å². The molecule has 1 N–H and O–H groups in total. The summed E-state index contributed by atoms with van der Waals surface area (Å²) in [6, 6.07) is 2.96. The Hall–Kier alpha value is -1.91. The summed E-state index contributed by atoms with van der Waals surface area (Å²) in [6.07, 6.45) is 1.37. The number of hydrogen-bond acceptors (Lipinski definition) is 5. The molecule has 0 bridgehead atoms. The van der Waals surface area contributed by atoms with Crippen molar-refractivity contribution in [1.29, 1.82) is 0 Å². The lowest BCUT2D eigenvalue weighted by atomic mass is 10.2. The molecule has 0 spiro atoms. The Morgan fingerprint density at radius 1 is 1.47 bits per heavy atom. The molecule has 100 valence electrons. The smallest absolute Gasteiger partial charge is 0.264 e. The van der Waals surface area contributed by atoms with Gasteiger partial charge in [0.1, 0.15) is 6.61 Å². The van der Waals surface area contributed by atoms with E-state index in [9.17, 15) is 13.2 Å². The average molecular weight is 280 g/mol. The molecule has 0 saturated carbocycles. The Morgan fingerprint density at radius 2 is 2.16 bits per heavy atom. The Morgan fingerprint density at radius 3 is 2.74 bits per heavy atom. The number of pyridine rings is 1. The largest absolute Gasteiger partial charge is 0.384 e. The minimum absolute atomic E-state index is 0.0223. The van der Waals surface area contributed by atoms with E-state index in [1.807, 2.05) is 0 Å². The maximum absolute atomic E-state index is 12.0. The van der Waals surface area contributed by atoms with Gasteiger partial charge < -0.3 is 5.11 Å². The first-order chi connectivity index (χ1) is 8.82. The van der Waals surface area contributed by atoms with Gasteiger partial charge in [0, 0.05) is 11.8 Å². The van der Waals surface area contributed by atoms with Crippen LogP contribution in [0.25, 0.3) is 0 Å². The van der Waals surface area contributed by atoms with Crippen molar-refractivity contribution in [3.05, 3.63) is 23.9 Å². The lowest BCUT2D eigenvalue weighted by Crippen LogP contribution is -2.67. The van der Waals surface area contributed by atoms with E-state index in [0.29, 0.717) is 9.87 Å². The number of amides is 1. The van der Waals surface area contributed by atoms with Gasteiger partial charge >= 0.3 is 0 Å². The number of sulfonamides is 1. The first kappa shape index (κ1) is 13.5. The van der Waals surface area contributed by atoms with Crippen molar-refractivity contribution in [2.45, 2.75) is 18.6 Å². The molecule has 1 aromatic heterocycles. The first-order valence-electron chi connectivity index (χ1n) is 5.47. The van der Waals surface area contributed by atoms with Crippen LogP contribution in [0.3, 0.4) is 0 Å². The average Bonchev–Trinajstić information content (AvgIpc) is 2.36. The molecular formula is C12H12N2O4S. The van der Waals surface area contributed by atoms with Crippen molar-refractivity contribution >= 4 is 21.7 Å². The van der Waals surface area contributed by atoms with Crippen LogP contribution in [0.4, 0.5) is 5.82 Å². The van der Waals surface area contributed by atoms with Crippen LogP contribution in [0.2, 0.25) is 0 Å². The van der Waals surface area contributed by atoms with Gasteiger partial charge in [-0.05, 0) is 26.0 Å². The minimum atomic E-state index is -3.72. The Kier molecular flexibility index (Phi) is 3.08. The Bertz CT molecular complexity index is 698. The summed E-state index contributed by atoms with van der Waals surface area (Å²) in [5, 5.41) is 8.61. The van der Waals surface area contributed by atoms with Crippen LogP contribution in [0, 0.1) is 11.8 Å². The zero-order valence-corrected chi connectivity index (χ0v) is 11.2.